The van der Waals surface area contributed by atoms with Crippen molar-refractivity contribution < 1.29 is 33.3 Å². The zero-order valence-corrected chi connectivity index (χ0v) is 26.4. The van der Waals surface area contributed by atoms with Gasteiger partial charge in [-0.1, -0.05) is 66.4 Å². The fourth-order valence-electron chi connectivity index (χ4n) is 6.03. The first-order valence-electron chi connectivity index (χ1n) is 14.4. The third kappa shape index (κ3) is 5.93. The van der Waals surface area contributed by atoms with E-state index < -0.39 is 5.92 Å². The molecule has 3 aromatic heterocycles. The summed E-state index contributed by atoms with van der Waals surface area (Å²) in [4.78, 5) is 8.90. The summed E-state index contributed by atoms with van der Waals surface area (Å²) >= 11 is 0. The van der Waals surface area contributed by atoms with Crippen molar-refractivity contribution in [2.45, 2.75) is 38.0 Å². The van der Waals surface area contributed by atoms with Gasteiger partial charge in [-0.15, -0.1) is 53.6 Å². The Morgan fingerprint density at radius 3 is 2.45 bits per heavy atom. The van der Waals surface area contributed by atoms with Crippen LogP contribution in [-0.2, 0) is 20.1 Å². The monoisotopic (exact) mass is 759 g/mol. The van der Waals surface area contributed by atoms with E-state index in [1.807, 2.05) is 91.9 Å². The van der Waals surface area contributed by atoms with Gasteiger partial charge in [-0.3, -0.25) is 0 Å². The number of aromatic nitrogens is 2. The van der Waals surface area contributed by atoms with Crippen LogP contribution in [0, 0.1) is 19.1 Å². The summed E-state index contributed by atoms with van der Waals surface area (Å²) in [5, 5.41) is 4.09. The Hall–Kier alpha value is -4.25. The second kappa shape index (κ2) is 12.4. The molecule has 1 unspecified atom stereocenters. The van der Waals surface area contributed by atoms with Gasteiger partial charge in [0.15, 0.2) is 0 Å². The second-order valence-corrected chi connectivity index (χ2v) is 11.1. The molecule has 1 aliphatic rings. The molecule has 6 heteroatoms. The fourth-order valence-corrected chi connectivity index (χ4v) is 6.03. The van der Waals surface area contributed by atoms with Crippen molar-refractivity contribution in [1.29, 1.82) is 0 Å². The number of pyridine rings is 2. The van der Waals surface area contributed by atoms with Crippen LogP contribution in [0.5, 0.6) is 0 Å². The van der Waals surface area contributed by atoms with Crippen molar-refractivity contribution in [3.63, 3.8) is 0 Å². The van der Waals surface area contributed by atoms with Gasteiger partial charge in [-0.05, 0) is 58.3 Å². The molecular weight excluding hydrogens is 731 g/mol. The van der Waals surface area contributed by atoms with E-state index in [1.54, 1.807) is 12.4 Å². The molecule has 3 nitrogen and oxygen atoms in total. The maximum atomic E-state index is 13.7. The van der Waals surface area contributed by atoms with E-state index >= 15 is 0 Å². The number of rotatable bonds is 3. The number of nitrogens with zero attached hydrogens (tertiary/aromatic N) is 2. The van der Waals surface area contributed by atoms with Crippen LogP contribution < -0.4 is 0 Å². The van der Waals surface area contributed by atoms with Crippen LogP contribution in [0.1, 0.15) is 36.3 Å². The van der Waals surface area contributed by atoms with Crippen LogP contribution in [-0.4, -0.2) is 15.9 Å². The third-order valence-electron chi connectivity index (χ3n) is 8.09. The average molecular weight is 759 g/mol. The average Bonchev–Trinajstić information content (AvgIpc) is 3.61. The van der Waals surface area contributed by atoms with Crippen molar-refractivity contribution in [2.75, 3.05) is 0 Å². The molecule has 1 atom stereocenters. The van der Waals surface area contributed by atoms with Gasteiger partial charge in [0.2, 0.25) is 5.92 Å². The van der Waals surface area contributed by atoms with E-state index in [4.69, 9.17) is 4.42 Å². The van der Waals surface area contributed by atoms with E-state index in [1.165, 1.54) is 0 Å². The predicted octanol–water partition coefficient (Wildman–Crippen LogP) is 10.4. The smallest absolute Gasteiger partial charge is 0.248 e. The van der Waals surface area contributed by atoms with Gasteiger partial charge in [0.05, 0.1) is 5.58 Å². The van der Waals surface area contributed by atoms with Crippen LogP contribution >= 0.6 is 0 Å². The van der Waals surface area contributed by atoms with Crippen molar-refractivity contribution in [3.8, 4) is 22.5 Å². The summed E-state index contributed by atoms with van der Waals surface area (Å²) in [7, 11) is 0. The Kier molecular flexibility index (Phi) is 8.40. The second-order valence-electron chi connectivity index (χ2n) is 11.1. The van der Waals surface area contributed by atoms with Crippen molar-refractivity contribution in [1.82, 2.24) is 9.97 Å². The molecule has 1 radical (unpaired) electrons. The van der Waals surface area contributed by atoms with Crippen LogP contribution in [0.2, 0.25) is 0 Å². The van der Waals surface area contributed by atoms with Gasteiger partial charge in [0.25, 0.3) is 0 Å². The van der Waals surface area contributed by atoms with E-state index in [0.717, 1.165) is 66.4 Å². The van der Waals surface area contributed by atoms with E-state index in [2.05, 4.69) is 34.2 Å². The summed E-state index contributed by atoms with van der Waals surface area (Å²) in [5.41, 5.74) is 7.23. The van der Waals surface area contributed by atoms with Gasteiger partial charge >= 0.3 is 0 Å². The molecule has 8 rings (SSSR count). The van der Waals surface area contributed by atoms with Crippen LogP contribution in [0.4, 0.5) is 8.78 Å². The van der Waals surface area contributed by atoms with E-state index in [0.29, 0.717) is 6.42 Å². The number of halogens is 2. The predicted molar refractivity (Wildman–Crippen MR) is 168 cm³/mol. The largest absolute Gasteiger partial charge is 0.501 e. The van der Waals surface area contributed by atoms with Crippen LogP contribution in [0.25, 0.3) is 55.2 Å². The standard InChI is InChI=1S/C27H20F2NO.C11H8N.Ir/c1-16-12-22-21-4-2-3-5-24(21)31-26(22)23(13-16)25-20-7-6-17(14-18(20)9-11-30-25)19-8-10-27(28,29)15-19;1-2-6-10(7-3-1)11-8-4-5-9-12-11;/h2-7,9,11-12,14,19H,8,10,15H2,1H3;1-6,8-9H;/q2*-1;. The van der Waals surface area contributed by atoms with Crippen LogP contribution in [0.3, 0.4) is 0 Å². The van der Waals surface area contributed by atoms with Crippen molar-refractivity contribution >= 4 is 32.7 Å². The maximum absolute atomic E-state index is 13.7. The summed E-state index contributed by atoms with van der Waals surface area (Å²) < 4.78 is 33.7. The van der Waals surface area contributed by atoms with Gasteiger partial charge < -0.3 is 14.4 Å². The Morgan fingerprint density at radius 2 is 1.68 bits per heavy atom. The molecule has 1 saturated carbocycles. The first-order valence-corrected chi connectivity index (χ1v) is 14.4. The van der Waals surface area contributed by atoms with E-state index in [-0.39, 0.29) is 38.9 Å². The molecule has 0 N–H and O–H groups in total. The Balaban J connectivity index is 0.000000222. The van der Waals surface area contributed by atoms with Crippen molar-refractivity contribution in [2.24, 2.45) is 0 Å². The number of benzene rings is 4. The number of hydrogen-bond donors (Lipinski definition) is 0. The molecular formula is C38H28F2IrN2O-2. The maximum Gasteiger partial charge on any atom is 0.248 e. The SMILES string of the molecule is Cc1[c-]c(-c2nccc3cc(C4CCC(F)(F)C4)ccc23)c2oc3ccccc3c2c1.[Ir].[c-]1ccccc1-c1ccccn1. The van der Waals surface area contributed by atoms with Crippen LogP contribution in [0.15, 0.2) is 114 Å². The Morgan fingerprint density at radius 1 is 0.841 bits per heavy atom. The molecule has 0 amide bonds. The van der Waals surface area contributed by atoms with Gasteiger partial charge in [0, 0.05) is 50.7 Å². The molecule has 0 saturated heterocycles. The zero-order chi connectivity index (χ0) is 29.4. The number of fused-ring (bicyclic) bond motifs is 4. The zero-order valence-electron chi connectivity index (χ0n) is 24.0. The van der Waals surface area contributed by atoms with Crippen molar-refractivity contribution in [3.05, 3.63) is 133 Å². The molecule has 221 valence electrons. The number of furan rings is 1. The molecule has 4 aromatic carbocycles. The summed E-state index contributed by atoms with van der Waals surface area (Å²) in [6.07, 6.45) is 3.99. The Bertz CT molecular complexity index is 2020. The molecule has 44 heavy (non-hydrogen) atoms. The first-order chi connectivity index (χ1) is 20.9. The molecule has 0 bridgehead atoms. The van der Waals surface area contributed by atoms with Gasteiger partial charge in [-0.25, -0.2) is 8.78 Å². The number of aryl methyl sites for hydroxylation is 1. The molecule has 7 aromatic rings. The minimum atomic E-state index is -2.55. The van der Waals surface area contributed by atoms with Gasteiger partial charge in [-0.2, -0.15) is 0 Å². The number of para-hydroxylation sites is 1. The molecule has 3 heterocycles. The van der Waals surface area contributed by atoms with Gasteiger partial charge in [0.1, 0.15) is 5.58 Å². The molecule has 0 spiro atoms. The summed E-state index contributed by atoms with van der Waals surface area (Å²) in [6.45, 7) is 2.02. The quantitative estimate of drug-likeness (QED) is 0.169. The first kappa shape index (κ1) is 29.8. The summed E-state index contributed by atoms with van der Waals surface area (Å²) in [5.74, 6) is -2.64. The third-order valence-corrected chi connectivity index (χ3v) is 8.09. The molecule has 1 fully saturated rings. The van der Waals surface area contributed by atoms with E-state index in [9.17, 15) is 8.78 Å². The number of hydrogen-bond acceptors (Lipinski definition) is 3. The minimum Gasteiger partial charge on any atom is -0.501 e. The Labute approximate surface area is 268 Å². The topological polar surface area (TPSA) is 38.9 Å². The summed E-state index contributed by atoms with van der Waals surface area (Å²) in [6, 6.07) is 38.3. The number of alkyl halides is 2. The normalized spacial score (nSPS) is 15.6. The minimum absolute atomic E-state index is 0. The molecule has 0 aliphatic heterocycles. The molecule has 1 aliphatic carbocycles. The fraction of sp³-hybridized carbons (Fsp3) is 0.158.